The molecule has 1 aromatic carbocycles. The van der Waals surface area contributed by atoms with Gasteiger partial charge in [-0.1, -0.05) is 0 Å². The van der Waals surface area contributed by atoms with Gasteiger partial charge in [0.15, 0.2) is 6.61 Å². The normalized spacial score (nSPS) is 9.82. The number of nitrogens with zero attached hydrogens (tertiary/aromatic N) is 1. The van der Waals surface area contributed by atoms with E-state index in [1.807, 2.05) is 0 Å². The third kappa shape index (κ3) is 3.44. The van der Waals surface area contributed by atoms with E-state index in [2.05, 4.69) is 4.74 Å². The summed E-state index contributed by atoms with van der Waals surface area (Å²) < 4.78 is 18.0. The van der Waals surface area contributed by atoms with Crippen molar-refractivity contribution in [3.8, 4) is 0 Å². The van der Waals surface area contributed by atoms with Crippen molar-refractivity contribution < 1.29 is 18.7 Å². The third-order valence-corrected chi connectivity index (χ3v) is 2.04. The van der Waals surface area contributed by atoms with Gasteiger partial charge in [-0.15, -0.1) is 0 Å². The van der Waals surface area contributed by atoms with Gasteiger partial charge in [0, 0.05) is 19.8 Å². The summed E-state index contributed by atoms with van der Waals surface area (Å²) in [6, 6.07) is 3.62. The largest absolute Gasteiger partial charge is 0.452 e. The van der Waals surface area contributed by atoms with Crippen molar-refractivity contribution >= 4 is 17.6 Å². The number of amides is 1. The fourth-order valence-electron chi connectivity index (χ4n) is 1.03. The fraction of sp³-hybridized carbons (Fsp3) is 0.273. The average Bonchev–Trinajstić information content (AvgIpc) is 2.25. The number of hydrogen-bond donors (Lipinski definition) is 1. The lowest BCUT2D eigenvalue weighted by Gasteiger charge is -2.10. The Morgan fingerprint density at radius 1 is 1.41 bits per heavy atom. The minimum atomic E-state index is -0.891. The van der Waals surface area contributed by atoms with E-state index in [0.717, 1.165) is 6.07 Å². The molecule has 0 radical (unpaired) electrons. The predicted octanol–water partition coefficient (Wildman–Crippen LogP) is 0.653. The number of carbonyl (C=O) groups excluding carboxylic acids is 2. The maximum atomic E-state index is 13.3. The lowest BCUT2D eigenvalue weighted by Crippen LogP contribution is -2.27. The van der Waals surface area contributed by atoms with Gasteiger partial charge >= 0.3 is 5.97 Å². The van der Waals surface area contributed by atoms with Crippen LogP contribution in [0.1, 0.15) is 10.4 Å². The number of ether oxygens (including phenoxy) is 1. The monoisotopic (exact) mass is 240 g/mol. The minimum absolute atomic E-state index is 0.211. The molecule has 2 N–H and O–H groups in total. The average molecular weight is 240 g/mol. The Hall–Kier alpha value is -2.11. The summed E-state index contributed by atoms with van der Waals surface area (Å²) in [6.45, 7) is -0.421. The van der Waals surface area contributed by atoms with E-state index in [1.54, 1.807) is 0 Å². The summed E-state index contributed by atoms with van der Waals surface area (Å²) in [7, 11) is 3.06. The lowest BCUT2D eigenvalue weighted by molar-refractivity contribution is -0.131. The van der Waals surface area contributed by atoms with Gasteiger partial charge in [0.2, 0.25) is 0 Å². The number of anilines is 1. The number of hydrogen-bond acceptors (Lipinski definition) is 4. The molecule has 1 rings (SSSR count). The molecule has 0 aliphatic heterocycles. The SMILES string of the molecule is CN(C)C(=O)COC(=O)c1ccc(N)cc1F. The van der Waals surface area contributed by atoms with Crippen molar-refractivity contribution in [2.75, 3.05) is 26.4 Å². The van der Waals surface area contributed by atoms with Crippen molar-refractivity contribution in [3.05, 3.63) is 29.6 Å². The zero-order valence-electron chi connectivity index (χ0n) is 9.57. The Morgan fingerprint density at radius 3 is 2.59 bits per heavy atom. The van der Waals surface area contributed by atoms with Crippen LogP contribution in [0, 0.1) is 5.82 Å². The number of esters is 1. The summed E-state index contributed by atoms with van der Waals surface area (Å²) in [5, 5.41) is 0. The first kappa shape index (κ1) is 13.0. The first-order valence-electron chi connectivity index (χ1n) is 4.84. The Morgan fingerprint density at radius 2 is 2.06 bits per heavy atom. The first-order chi connectivity index (χ1) is 7.91. The molecule has 0 saturated heterocycles. The van der Waals surface area contributed by atoms with Gasteiger partial charge in [-0.3, -0.25) is 4.79 Å². The second-order valence-corrected chi connectivity index (χ2v) is 3.60. The van der Waals surface area contributed by atoms with E-state index in [0.29, 0.717) is 0 Å². The molecular formula is C11H13FN2O3. The first-order valence-corrected chi connectivity index (χ1v) is 4.84. The molecule has 0 bridgehead atoms. The predicted molar refractivity (Wildman–Crippen MR) is 59.8 cm³/mol. The maximum absolute atomic E-state index is 13.3. The zero-order chi connectivity index (χ0) is 13.0. The van der Waals surface area contributed by atoms with Crippen molar-refractivity contribution in [2.45, 2.75) is 0 Å². The summed E-state index contributed by atoms with van der Waals surface area (Å²) in [5.74, 6) is -2.04. The van der Waals surface area contributed by atoms with Gasteiger partial charge in [-0.2, -0.15) is 0 Å². The Labute approximate surface area is 98.0 Å². The van der Waals surface area contributed by atoms with E-state index in [1.165, 1.54) is 31.1 Å². The second-order valence-electron chi connectivity index (χ2n) is 3.60. The summed E-state index contributed by atoms with van der Waals surface area (Å²) in [5.41, 5.74) is 5.30. The summed E-state index contributed by atoms with van der Waals surface area (Å²) in [4.78, 5) is 23.9. The van der Waals surface area contributed by atoms with Crippen LogP contribution in [0.25, 0.3) is 0 Å². The van der Waals surface area contributed by atoms with Crippen molar-refractivity contribution in [3.63, 3.8) is 0 Å². The van der Waals surface area contributed by atoms with Crippen LogP contribution in [-0.4, -0.2) is 37.5 Å². The quantitative estimate of drug-likeness (QED) is 0.622. The summed E-state index contributed by atoms with van der Waals surface area (Å²) in [6.07, 6.45) is 0. The molecule has 6 heteroatoms. The number of nitrogens with two attached hydrogens (primary N) is 1. The molecule has 0 heterocycles. The van der Waals surface area contributed by atoms with E-state index < -0.39 is 18.4 Å². The lowest BCUT2D eigenvalue weighted by atomic mass is 10.2. The number of nitrogen functional groups attached to an aromatic ring is 1. The number of rotatable bonds is 3. The molecule has 0 aliphatic rings. The Kier molecular flexibility index (Phi) is 4.03. The van der Waals surface area contributed by atoms with Gasteiger partial charge in [0.1, 0.15) is 5.82 Å². The molecule has 0 spiro atoms. The van der Waals surface area contributed by atoms with Crippen LogP contribution >= 0.6 is 0 Å². The molecular weight excluding hydrogens is 227 g/mol. The van der Waals surface area contributed by atoms with Crippen LogP contribution < -0.4 is 5.73 Å². The number of benzene rings is 1. The van der Waals surface area contributed by atoms with Crippen LogP contribution in [0.3, 0.4) is 0 Å². The van der Waals surface area contributed by atoms with E-state index in [9.17, 15) is 14.0 Å². The van der Waals surface area contributed by atoms with Crippen molar-refractivity contribution in [1.29, 1.82) is 0 Å². The van der Waals surface area contributed by atoms with Gasteiger partial charge in [0.05, 0.1) is 5.56 Å². The van der Waals surface area contributed by atoms with Crippen LogP contribution in [0.4, 0.5) is 10.1 Å². The molecule has 5 nitrogen and oxygen atoms in total. The van der Waals surface area contributed by atoms with Gasteiger partial charge in [-0.25, -0.2) is 9.18 Å². The zero-order valence-corrected chi connectivity index (χ0v) is 9.57. The van der Waals surface area contributed by atoms with Gasteiger partial charge in [0.25, 0.3) is 5.91 Å². The molecule has 0 aliphatic carbocycles. The minimum Gasteiger partial charge on any atom is -0.452 e. The molecule has 17 heavy (non-hydrogen) atoms. The third-order valence-electron chi connectivity index (χ3n) is 2.04. The molecule has 0 unspecified atom stereocenters. The van der Waals surface area contributed by atoms with Gasteiger partial charge < -0.3 is 15.4 Å². The highest BCUT2D eigenvalue weighted by atomic mass is 19.1. The van der Waals surface area contributed by atoms with Gasteiger partial charge in [-0.05, 0) is 18.2 Å². The standard InChI is InChI=1S/C11H13FN2O3/c1-14(2)10(15)6-17-11(16)8-4-3-7(13)5-9(8)12/h3-5H,6,13H2,1-2H3. The molecule has 0 saturated carbocycles. The van der Waals surface area contributed by atoms with Crippen LogP contribution in [0.2, 0.25) is 0 Å². The topological polar surface area (TPSA) is 72.6 Å². The van der Waals surface area contributed by atoms with E-state index >= 15 is 0 Å². The van der Waals surface area contributed by atoms with Crippen LogP contribution in [0.15, 0.2) is 18.2 Å². The smallest absolute Gasteiger partial charge is 0.341 e. The fourth-order valence-corrected chi connectivity index (χ4v) is 1.03. The number of carbonyl (C=O) groups is 2. The maximum Gasteiger partial charge on any atom is 0.341 e. The molecule has 92 valence electrons. The Bertz CT molecular complexity index is 446. The second kappa shape index (κ2) is 5.29. The molecule has 0 atom stereocenters. The highest BCUT2D eigenvalue weighted by molar-refractivity contribution is 5.91. The number of likely N-dealkylation sites (N-methyl/N-ethyl adjacent to an activating group) is 1. The van der Waals surface area contributed by atoms with E-state index in [-0.39, 0.29) is 17.2 Å². The number of halogens is 1. The van der Waals surface area contributed by atoms with E-state index in [4.69, 9.17) is 5.73 Å². The van der Waals surface area contributed by atoms with Crippen LogP contribution in [0.5, 0.6) is 0 Å². The highest BCUT2D eigenvalue weighted by Crippen LogP contribution is 2.12. The van der Waals surface area contributed by atoms with Crippen LogP contribution in [-0.2, 0) is 9.53 Å². The molecule has 0 aromatic heterocycles. The highest BCUT2D eigenvalue weighted by Gasteiger charge is 2.15. The molecule has 1 aromatic rings. The summed E-state index contributed by atoms with van der Waals surface area (Å²) >= 11 is 0. The van der Waals surface area contributed by atoms with Crippen molar-refractivity contribution in [1.82, 2.24) is 4.90 Å². The van der Waals surface area contributed by atoms with Crippen molar-refractivity contribution in [2.24, 2.45) is 0 Å². The molecule has 1 amide bonds. The molecule has 0 fully saturated rings. The Balaban J connectivity index is 2.68.